The zero-order valence-corrected chi connectivity index (χ0v) is 20.2. The van der Waals surface area contributed by atoms with Crippen molar-refractivity contribution in [2.45, 2.75) is 76.9 Å². The van der Waals surface area contributed by atoms with E-state index in [0.29, 0.717) is 16.7 Å². The summed E-state index contributed by atoms with van der Waals surface area (Å²) in [4.78, 5) is 49.1. The van der Waals surface area contributed by atoms with Crippen LogP contribution < -0.4 is 5.32 Å². The van der Waals surface area contributed by atoms with Crippen LogP contribution in [0.5, 0.6) is 0 Å². The quantitative estimate of drug-likeness (QED) is 0.729. The molecule has 0 spiro atoms. The number of hydrogen-bond donors (Lipinski definition) is 1. The average Bonchev–Trinajstić information content (AvgIpc) is 3.42. The number of carbonyl (C=O) groups excluding carboxylic acids is 3. The number of rotatable bonds is 5. The highest BCUT2D eigenvalue weighted by Crippen LogP contribution is 2.41. The van der Waals surface area contributed by atoms with Gasteiger partial charge in [0.2, 0.25) is 11.8 Å². The third-order valence-corrected chi connectivity index (χ3v) is 8.27. The molecule has 2 saturated heterocycles. The van der Waals surface area contributed by atoms with Crippen molar-refractivity contribution >= 4 is 34.2 Å². The topological polar surface area (TPSA) is 85.9 Å². The number of nitrogens with zero attached hydrogens (tertiary/aromatic N) is 4. The van der Waals surface area contributed by atoms with Crippen LogP contribution >= 0.6 is 11.3 Å². The molecule has 3 atom stereocenters. The molecule has 1 aromatic heterocycles. The molecule has 1 N–H and O–H groups in total. The van der Waals surface area contributed by atoms with Crippen LogP contribution in [-0.4, -0.2) is 82.2 Å². The highest BCUT2D eigenvalue weighted by Gasteiger charge is 2.49. The Morgan fingerprint density at radius 3 is 2.59 bits per heavy atom. The Kier molecular flexibility index (Phi) is 7.14. The van der Waals surface area contributed by atoms with E-state index in [1.54, 1.807) is 5.38 Å². The van der Waals surface area contributed by atoms with Crippen LogP contribution in [0, 0.1) is 5.92 Å². The first kappa shape index (κ1) is 23.2. The van der Waals surface area contributed by atoms with Crippen molar-refractivity contribution in [3.05, 3.63) is 11.1 Å². The van der Waals surface area contributed by atoms with Gasteiger partial charge in [-0.1, -0.05) is 19.8 Å². The molecule has 32 heavy (non-hydrogen) atoms. The van der Waals surface area contributed by atoms with Crippen molar-refractivity contribution in [1.82, 2.24) is 19.7 Å². The SMILES string of the molecule is CCN1CCC(N(C)C(=O)[C@@H]2C[C@@H]3CCCC[C@H]3N2C(=O)c2csc(NC(C)=O)n2)CC1. The largest absolute Gasteiger partial charge is 0.341 e. The third-order valence-electron chi connectivity index (χ3n) is 7.51. The zero-order valence-electron chi connectivity index (χ0n) is 19.4. The predicted molar refractivity (Wildman–Crippen MR) is 125 cm³/mol. The Morgan fingerprint density at radius 1 is 1.19 bits per heavy atom. The van der Waals surface area contributed by atoms with Crippen LogP contribution in [-0.2, 0) is 9.59 Å². The van der Waals surface area contributed by atoms with E-state index in [0.717, 1.165) is 58.2 Å². The van der Waals surface area contributed by atoms with Crippen molar-refractivity contribution in [3.63, 3.8) is 0 Å². The van der Waals surface area contributed by atoms with E-state index in [9.17, 15) is 14.4 Å². The van der Waals surface area contributed by atoms with Gasteiger partial charge in [-0.25, -0.2) is 4.98 Å². The fraction of sp³-hybridized carbons (Fsp3) is 0.739. The summed E-state index contributed by atoms with van der Waals surface area (Å²) in [5, 5.41) is 4.76. The van der Waals surface area contributed by atoms with Crippen LogP contribution in [0.3, 0.4) is 0 Å². The highest BCUT2D eigenvalue weighted by molar-refractivity contribution is 7.14. The lowest BCUT2D eigenvalue weighted by atomic mass is 9.84. The maximum Gasteiger partial charge on any atom is 0.274 e. The number of fused-ring (bicyclic) bond motifs is 1. The number of amides is 3. The number of aromatic nitrogens is 1. The fourth-order valence-corrected chi connectivity index (χ4v) is 6.45. The van der Waals surface area contributed by atoms with Gasteiger partial charge >= 0.3 is 0 Å². The van der Waals surface area contributed by atoms with Crippen molar-refractivity contribution in [2.75, 3.05) is 32.0 Å². The molecule has 3 heterocycles. The number of likely N-dealkylation sites (N-methyl/N-ethyl adjacent to an activating group) is 1. The minimum Gasteiger partial charge on any atom is -0.341 e. The maximum atomic E-state index is 13.7. The normalized spacial score (nSPS) is 26.6. The minimum absolute atomic E-state index is 0.0695. The zero-order chi connectivity index (χ0) is 22.8. The molecule has 8 nitrogen and oxygen atoms in total. The molecule has 4 rings (SSSR count). The van der Waals surface area contributed by atoms with Gasteiger partial charge in [-0.15, -0.1) is 11.3 Å². The Hall–Kier alpha value is -2.00. The summed E-state index contributed by atoms with van der Waals surface area (Å²) < 4.78 is 0. The summed E-state index contributed by atoms with van der Waals surface area (Å²) in [6.07, 6.45) is 6.98. The molecular weight excluding hydrogens is 426 g/mol. The monoisotopic (exact) mass is 461 g/mol. The van der Waals surface area contributed by atoms with Crippen molar-refractivity contribution < 1.29 is 14.4 Å². The Balaban J connectivity index is 1.53. The Bertz CT molecular complexity index is 850. The van der Waals surface area contributed by atoms with Crippen LogP contribution in [0.4, 0.5) is 5.13 Å². The van der Waals surface area contributed by atoms with Crippen LogP contribution in [0.2, 0.25) is 0 Å². The van der Waals surface area contributed by atoms with Gasteiger partial charge in [0, 0.05) is 44.5 Å². The van der Waals surface area contributed by atoms with Gasteiger partial charge < -0.3 is 20.0 Å². The molecule has 0 bridgehead atoms. The van der Waals surface area contributed by atoms with E-state index in [1.807, 2.05) is 16.8 Å². The van der Waals surface area contributed by atoms with Gasteiger partial charge in [-0.2, -0.15) is 0 Å². The minimum atomic E-state index is -0.421. The lowest BCUT2D eigenvalue weighted by Gasteiger charge is -2.39. The number of carbonyl (C=O) groups is 3. The molecule has 1 saturated carbocycles. The van der Waals surface area contributed by atoms with Crippen LogP contribution in [0.15, 0.2) is 5.38 Å². The average molecular weight is 462 g/mol. The van der Waals surface area contributed by atoms with E-state index < -0.39 is 6.04 Å². The molecule has 3 aliphatic rings. The molecular formula is C23H35N5O3S. The van der Waals surface area contributed by atoms with E-state index in [4.69, 9.17) is 0 Å². The third kappa shape index (κ3) is 4.69. The molecule has 9 heteroatoms. The second kappa shape index (κ2) is 9.87. The molecule has 0 radical (unpaired) electrons. The van der Waals surface area contributed by atoms with Gasteiger partial charge in [-0.05, 0) is 44.6 Å². The summed E-state index contributed by atoms with van der Waals surface area (Å²) in [6, 6.07) is -0.0855. The molecule has 0 unspecified atom stereocenters. The summed E-state index contributed by atoms with van der Waals surface area (Å²) in [5.41, 5.74) is 0.321. The second-order valence-corrected chi connectivity index (χ2v) is 10.3. The Labute approximate surface area is 194 Å². The molecule has 1 aliphatic carbocycles. The number of hydrogen-bond acceptors (Lipinski definition) is 6. The van der Waals surface area contributed by atoms with Gasteiger partial charge in [0.25, 0.3) is 5.91 Å². The highest BCUT2D eigenvalue weighted by atomic mass is 32.1. The number of anilines is 1. The van der Waals surface area contributed by atoms with Crippen LogP contribution in [0.25, 0.3) is 0 Å². The predicted octanol–water partition coefficient (Wildman–Crippen LogP) is 2.82. The van der Waals surface area contributed by atoms with Gasteiger partial charge in [-0.3, -0.25) is 14.4 Å². The van der Waals surface area contributed by atoms with Gasteiger partial charge in [0.1, 0.15) is 11.7 Å². The maximum absolute atomic E-state index is 13.7. The summed E-state index contributed by atoms with van der Waals surface area (Å²) >= 11 is 1.24. The lowest BCUT2D eigenvalue weighted by molar-refractivity contribution is -0.137. The van der Waals surface area contributed by atoms with Crippen molar-refractivity contribution in [1.29, 1.82) is 0 Å². The summed E-state index contributed by atoms with van der Waals surface area (Å²) in [6.45, 7) is 6.68. The standard InChI is InChI=1S/C23H35N5O3S/c1-4-27-11-9-17(10-12-27)26(3)22(31)20-13-16-7-5-6-8-19(16)28(20)21(30)18-14-32-23(25-18)24-15(2)29/h14,16-17,19-20H,4-13H2,1-3H3,(H,24,25,29)/t16-,19+,20-/m0/s1. The van der Waals surface area contributed by atoms with E-state index in [1.165, 1.54) is 24.7 Å². The van der Waals surface area contributed by atoms with E-state index >= 15 is 0 Å². The molecule has 176 valence electrons. The summed E-state index contributed by atoms with van der Waals surface area (Å²) in [7, 11) is 1.91. The molecule has 0 aromatic carbocycles. The van der Waals surface area contributed by atoms with E-state index in [2.05, 4.69) is 22.1 Å². The molecule has 1 aromatic rings. The Morgan fingerprint density at radius 2 is 1.91 bits per heavy atom. The van der Waals surface area contributed by atoms with Crippen molar-refractivity contribution in [3.8, 4) is 0 Å². The van der Waals surface area contributed by atoms with Crippen LogP contribution in [0.1, 0.15) is 69.3 Å². The smallest absolute Gasteiger partial charge is 0.274 e. The first-order chi connectivity index (χ1) is 15.4. The van der Waals surface area contributed by atoms with Gasteiger partial charge in [0.15, 0.2) is 5.13 Å². The first-order valence-corrected chi connectivity index (χ1v) is 12.8. The fourth-order valence-electron chi connectivity index (χ4n) is 5.72. The second-order valence-electron chi connectivity index (χ2n) is 9.41. The van der Waals surface area contributed by atoms with Crippen molar-refractivity contribution in [2.24, 2.45) is 5.92 Å². The number of thiazole rings is 1. The number of nitrogens with one attached hydrogen (secondary N) is 1. The molecule has 3 amide bonds. The summed E-state index contributed by atoms with van der Waals surface area (Å²) in [5.74, 6) is 0.0564. The molecule has 3 fully saturated rings. The lowest BCUT2D eigenvalue weighted by Crippen LogP contribution is -2.53. The molecule has 2 aliphatic heterocycles. The van der Waals surface area contributed by atoms with E-state index in [-0.39, 0.29) is 29.8 Å². The van der Waals surface area contributed by atoms with Gasteiger partial charge in [0.05, 0.1) is 0 Å². The number of piperidine rings is 1. The first-order valence-electron chi connectivity index (χ1n) is 11.9. The number of likely N-dealkylation sites (tertiary alicyclic amines) is 2.